The molecule has 0 unspecified atom stereocenters. The molecule has 142 valence electrons. The van der Waals surface area contributed by atoms with E-state index in [2.05, 4.69) is 11.9 Å². The molecule has 6 heteroatoms. The van der Waals surface area contributed by atoms with Crippen LogP contribution in [0, 0.1) is 12.8 Å². The zero-order valence-electron chi connectivity index (χ0n) is 16.5. The van der Waals surface area contributed by atoms with Gasteiger partial charge in [-0.05, 0) is 61.3 Å². The van der Waals surface area contributed by atoms with Crippen LogP contribution in [0.25, 0.3) is 0 Å². The number of nitrogens with one attached hydrogen (secondary N) is 1. The van der Waals surface area contributed by atoms with Gasteiger partial charge < -0.3 is 9.47 Å². The van der Waals surface area contributed by atoms with Crippen LogP contribution in [0.4, 0.5) is 0 Å². The van der Waals surface area contributed by atoms with Gasteiger partial charge in [-0.1, -0.05) is 0 Å². The number of aromatic nitrogens is 2. The van der Waals surface area contributed by atoms with Gasteiger partial charge in [0.2, 0.25) is 0 Å². The highest BCUT2D eigenvalue weighted by atomic mass is 16.5. The Balaban J connectivity index is 2.30. The minimum absolute atomic E-state index is 0.0135. The van der Waals surface area contributed by atoms with Crippen LogP contribution in [0.5, 0.6) is 0 Å². The summed E-state index contributed by atoms with van der Waals surface area (Å²) in [6.45, 7) is 14.6. The van der Waals surface area contributed by atoms with Crippen molar-refractivity contribution in [2.45, 2.75) is 84.7 Å². The third-order valence-electron chi connectivity index (χ3n) is 4.82. The molecule has 0 saturated heterocycles. The summed E-state index contributed by atoms with van der Waals surface area (Å²) in [6, 6.07) is -0.0135. The van der Waals surface area contributed by atoms with Crippen LogP contribution in [0.3, 0.4) is 0 Å². The predicted molar refractivity (Wildman–Crippen MR) is 98.2 cm³/mol. The number of ether oxygens (including phenoxy) is 2. The van der Waals surface area contributed by atoms with E-state index in [1.807, 2.05) is 34.6 Å². The highest BCUT2D eigenvalue weighted by Crippen LogP contribution is 2.45. The van der Waals surface area contributed by atoms with Crippen LogP contribution in [0.15, 0.2) is 15.8 Å². The standard InChI is InChI=1S/C19H32N2O4/c1-12(2)25-19(7)9-15(8-14(19)11-24-18(4,5)6)21-10-13(3)16(22)20-17(21)23/h10,12,14-15H,8-9,11H2,1-7H3,(H,20,22,23)/t14-,15-,19+/m1/s1. The molecular weight excluding hydrogens is 320 g/mol. The summed E-state index contributed by atoms with van der Waals surface area (Å²) >= 11 is 0. The van der Waals surface area contributed by atoms with Crippen molar-refractivity contribution in [2.24, 2.45) is 5.92 Å². The Labute approximate surface area is 149 Å². The lowest BCUT2D eigenvalue weighted by Crippen LogP contribution is -2.39. The largest absolute Gasteiger partial charge is 0.375 e. The van der Waals surface area contributed by atoms with Gasteiger partial charge in [-0.3, -0.25) is 14.3 Å². The van der Waals surface area contributed by atoms with Crippen LogP contribution in [0.1, 0.15) is 66.0 Å². The zero-order valence-corrected chi connectivity index (χ0v) is 16.5. The Kier molecular flexibility index (Phi) is 5.64. The maximum atomic E-state index is 12.3. The van der Waals surface area contributed by atoms with Gasteiger partial charge in [-0.25, -0.2) is 4.79 Å². The number of H-pyrrole nitrogens is 1. The molecule has 1 aromatic heterocycles. The fraction of sp³-hybridized carbons (Fsp3) is 0.789. The molecule has 1 aliphatic carbocycles. The average Bonchev–Trinajstić information content (AvgIpc) is 2.75. The Morgan fingerprint density at radius 2 is 2.00 bits per heavy atom. The molecule has 6 nitrogen and oxygen atoms in total. The quantitative estimate of drug-likeness (QED) is 0.884. The summed E-state index contributed by atoms with van der Waals surface area (Å²) in [5, 5.41) is 0. The summed E-state index contributed by atoms with van der Waals surface area (Å²) in [5.41, 5.74) is -0.728. The van der Waals surface area contributed by atoms with Gasteiger partial charge in [0.05, 0.1) is 23.9 Å². The molecule has 1 aliphatic rings. The van der Waals surface area contributed by atoms with Crippen molar-refractivity contribution in [2.75, 3.05) is 6.61 Å². The lowest BCUT2D eigenvalue weighted by Gasteiger charge is -2.35. The zero-order chi connectivity index (χ0) is 19.0. The normalized spacial score (nSPS) is 27.2. The first-order valence-electron chi connectivity index (χ1n) is 9.05. The summed E-state index contributed by atoms with van der Waals surface area (Å²) in [5.74, 6) is 0.179. The van der Waals surface area contributed by atoms with Gasteiger partial charge in [0.15, 0.2) is 0 Å². The maximum Gasteiger partial charge on any atom is 0.328 e. The molecule has 25 heavy (non-hydrogen) atoms. The van der Waals surface area contributed by atoms with E-state index in [4.69, 9.17) is 9.47 Å². The van der Waals surface area contributed by atoms with Crippen molar-refractivity contribution in [3.63, 3.8) is 0 Å². The molecule has 0 radical (unpaired) electrons. The lowest BCUT2D eigenvalue weighted by atomic mass is 9.93. The molecule has 0 bridgehead atoms. The predicted octanol–water partition coefficient (Wildman–Crippen LogP) is 2.79. The topological polar surface area (TPSA) is 73.3 Å². The molecule has 0 aromatic carbocycles. The minimum atomic E-state index is -0.367. The van der Waals surface area contributed by atoms with Gasteiger partial charge in [0.25, 0.3) is 5.56 Å². The van der Waals surface area contributed by atoms with E-state index in [0.717, 1.165) is 12.8 Å². The van der Waals surface area contributed by atoms with Crippen LogP contribution in [-0.2, 0) is 9.47 Å². The molecule has 2 rings (SSSR count). The van der Waals surface area contributed by atoms with Crippen molar-refractivity contribution in [3.8, 4) is 0 Å². The van der Waals surface area contributed by atoms with E-state index in [1.54, 1.807) is 17.7 Å². The Morgan fingerprint density at radius 1 is 1.36 bits per heavy atom. The summed E-state index contributed by atoms with van der Waals surface area (Å²) in [4.78, 5) is 26.3. The molecular formula is C19H32N2O4. The Hall–Kier alpha value is -1.40. The van der Waals surface area contributed by atoms with Crippen molar-refractivity contribution < 1.29 is 9.47 Å². The van der Waals surface area contributed by atoms with Crippen molar-refractivity contribution in [3.05, 3.63) is 32.6 Å². The second-order valence-corrected chi connectivity index (χ2v) is 8.67. The van der Waals surface area contributed by atoms with E-state index < -0.39 is 0 Å². The third-order valence-corrected chi connectivity index (χ3v) is 4.82. The second-order valence-electron chi connectivity index (χ2n) is 8.67. The first-order chi connectivity index (χ1) is 11.4. The second kappa shape index (κ2) is 7.08. The highest BCUT2D eigenvalue weighted by molar-refractivity contribution is 5.05. The molecule has 1 heterocycles. The number of hydrogen-bond acceptors (Lipinski definition) is 4. The number of nitrogens with zero attached hydrogens (tertiary/aromatic N) is 1. The smallest absolute Gasteiger partial charge is 0.328 e. The van der Waals surface area contributed by atoms with Crippen LogP contribution >= 0.6 is 0 Å². The number of rotatable bonds is 5. The fourth-order valence-electron chi connectivity index (χ4n) is 3.64. The van der Waals surface area contributed by atoms with Gasteiger partial charge in [-0.2, -0.15) is 0 Å². The number of aryl methyl sites for hydroxylation is 1. The molecule has 1 aromatic rings. The maximum absolute atomic E-state index is 12.3. The highest BCUT2D eigenvalue weighted by Gasteiger charge is 2.46. The van der Waals surface area contributed by atoms with Gasteiger partial charge in [0, 0.05) is 23.7 Å². The summed E-state index contributed by atoms with van der Waals surface area (Å²) in [7, 11) is 0. The molecule has 1 saturated carbocycles. The molecule has 1 N–H and O–H groups in total. The third kappa shape index (κ3) is 4.82. The van der Waals surface area contributed by atoms with Gasteiger partial charge in [0.1, 0.15) is 0 Å². The Morgan fingerprint density at radius 3 is 2.56 bits per heavy atom. The summed E-state index contributed by atoms with van der Waals surface area (Å²) in [6.07, 6.45) is 3.25. The van der Waals surface area contributed by atoms with Crippen LogP contribution < -0.4 is 11.2 Å². The minimum Gasteiger partial charge on any atom is -0.375 e. The molecule has 0 spiro atoms. The van der Waals surface area contributed by atoms with Gasteiger partial charge >= 0.3 is 5.69 Å². The molecule has 0 amide bonds. The fourth-order valence-corrected chi connectivity index (χ4v) is 3.64. The monoisotopic (exact) mass is 352 g/mol. The number of aromatic amines is 1. The van der Waals surface area contributed by atoms with Crippen molar-refractivity contribution in [1.82, 2.24) is 9.55 Å². The van der Waals surface area contributed by atoms with E-state index in [-0.39, 0.29) is 40.5 Å². The first kappa shape index (κ1) is 19.9. The van der Waals surface area contributed by atoms with Crippen LogP contribution in [-0.4, -0.2) is 33.5 Å². The van der Waals surface area contributed by atoms with E-state index in [1.165, 1.54) is 0 Å². The SMILES string of the molecule is Cc1cn([C@@H]2C[C@H](COC(C)(C)C)[C@@](C)(OC(C)C)C2)c(=O)[nH]c1=O. The van der Waals surface area contributed by atoms with Crippen molar-refractivity contribution >= 4 is 0 Å². The summed E-state index contributed by atoms with van der Waals surface area (Å²) < 4.78 is 13.9. The Bertz CT molecular complexity index is 713. The lowest BCUT2D eigenvalue weighted by molar-refractivity contribution is -0.122. The van der Waals surface area contributed by atoms with E-state index >= 15 is 0 Å². The molecule has 0 aliphatic heterocycles. The van der Waals surface area contributed by atoms with Gasteiger partial charge in [-0.15, -0.1) is 0 Å². The van der Waals surface area contributed by atoms with Crippen molar-refractivity contribution in [1.29, 1.82) is 0 Å². The average molecular weight is 352 g/mol. The first-order valence-corrected chi connectivity index (χ1v) is 9.05. The van der Waals surface area contributed by atoms with Crippen LogP contribution in [0.2, 0.25) is 0 Å². The van der Waals surface area contributed by atoms with E-state index in [0.29, 0.717) is 12.2 Å². The molecule has 1 fully saturated rings. The number of hydrogen-bond donors (Lipinski definition) is 1. The molecule has 3 atom stereocenters. The van der Waals surface area contributed by atoms with E-state index in [9.17, 15) is 9.59 Å².